The number of allylic oxidation sites excluding steroid dienone is 1. The van der Waals surface area contributed by atoms with Crippen molar-refractivity contribution in [2.75, 3.05) is 6.61 Å². The molecular weight excluding hydrogens is 576 g/mol. The summed E-state index contributed by atoms with van der Waals surface area (Å²) in [4.78, 5) is 13.2. The summed E-state index contributed by atoms with van der Waals surface area (Å²) in [5.74, 6) is 5.78. The van der Waals surface area contributed by atoms with Gasteiger partial charge in [0.05, 0.1) is 12.2 Å². The van der Waals surface area contributed by atoms with E-state index in [-0.39, 0.29) is 17.5 Å². The second-order valence-electron chi connectivity index (χ2n) is 17.4. The highest BCUT2D eigenvalue weighted by atomic mass is 16.5. The number of benzene rings is 1. The number of esters is 1. The Labute approximate surface area is 289 Å². The quantitative estimate of drug-likeness (QED) is 0.0959. The molecule has 47 heavy (non-hydrogen) atoms. The van der Waals surface area contributed by atoms with Crippen molar-refractivity contribution >= 4 is 5.97 Å². The van der Waals surface area contributed by atoms with E-state index in [1.54, 1.807) is 5.57 Å². The van der Waals surface area contributed by atoms with Crippen molar-refractivity contribution < 1.29 is 14.3 Å². The third-order valence-electron chi connectivity index (χ3n) is 13.9. The molecule has 5 rings (SSSR count). The molecule has 0 unspecified atom stereocenters. The topological polar surface area (TPSA) is 35.5 Å². The van der Waals surface area contributed by atoms with Crippen LogP contribution in [0, 0.1) is 46.3 Å². The molecule has 264 valence electrons. The van der Waals surface area contributed by atoms with E-state index in [0.717, 1.165) is 73.5 Å². The lowest BCUT2D eigenvalue weighted by Crippen LogP contribution is -2.51. The molecular formula is C44H70O3. The lowest BCUT2D eigenvalue weighted by Gasteiger charge is -2.58. The van der Waals surface area contributed by atoms with Gasteiger partial charge in [-0.15, -0.1) is 0 Å². The molecule has 0 bridgehead atoms. The minimum absolute atomic E-state index is 0.00678. The monoisotopic (exact) mass is 647 g/mol. The molecule has 1 aromatic rings. The van der Waals surface area contributed by atoms with Gasteiger partial charge in [0.15, 0.2) is 0 Å². The zero-order valence-corrected chi connectivity index (χ0v) is 31.3. The van der Waals surface area contributed by atoms with Gasteiger partial charge < -0.3 is 9.47 Å². The predicted octanol–water partition coefficient (Wildman–Crippen LogP) is 12.8. The Morgan fingerprint density at radius 1 is 0.830 bits per heavy atom. The van der Waals surface area contributed by atoms with E-state index in [1.807, 2.05) is 24.3 Å². The number of fused-ring (bicyclic) bond motifs is 5. The summed E-state index contributed by atoms with van der Waals surface area (Å²) < 4.78 is 12.1. The summed E-state index contributed by atoms with van der Waals surface area (Å²) in [6.07, 6.45) is 27.2. The normalized spacial score (nSPS) is 32.2. The molecule has 0 saturated heterocycles. The van der Waals surface area contributed by atoms with Crippen LogP contribution in [-0.4, -0.2) is 18.7 Å². The predicted molar refractivity (Wildman–Crippen MR) is 197 cm³/mol. The summed E-state index contributed by atoms with van der Waals surface area (Å²) in [6, 6.07) is 7.61. The molecule has 0 aliphatic heterocycles. The van der Waals surface area contributed by atoms with Crippen molar-refractivity contribution in [3.63, 3.8) is 0 Å². The van der Waals surface area contributed by atoms with Crippen LogP contribution in [0.2, 0.25) is 0 Å². The smallest absolute Gasteiger partial charge is 0.338 e. The van der Waals surface area contributed by atoms with Crippen LogP contribution >= 0.6 is 0 Å². The van der Waals surface area contributed by atoms with Crippen LogP contribution in [0.5, 0.6) is 5.75 Å². The SMILES string of the molecule is CCCCCCCCCCOc1ccc(C(=O)O[C@H]2CC[C@@]3(C)C(=CC[C@H]4[C@@H]5CC[C@H]([C@@H](C)CCCC(C)C)[C@@]5(C)CC[C@@H]43)C2)cc1. The van der Waals surface area contributed by atoms with Crippen LogP contribution in [0.1, 0.15) is 174 Å². The van der Waals surface area contributed by atoms with Gasteiger partial charge in [-0.05, 0) is 122 Å². The number of carbonyl (C=O) groups is 1. The first kappa shape index (κ1) is 36.5. The average Bonchev–Trinajstić information content (AvgIpc) is 3.41. The van der Waals surface area contributed by atoms with E-state index in [0.29, 0.717) is 11.0 Å². The number of hydrogen-bond acceptors (Lipinski definition) is 3. The number of unbranched alkanes of at least 4 members (excludes halogenated alkanes) is 7. The maximum absolute atomic E-state index is 13.2. The molecule has 8 atom stereocenters. The lowest BCUT2D eigenvalue weighted by atomic mass is 9.47. The standard InChI is InChI=1S/C44H70O3/c1-7-8-9-10-11-12-13-14-30-46-36-21-18-34(19-22-36)42(45)47-37-26-28-43(5)35(31-37)20-23-38-40-25-24-39(33(4)17-15-16-32(2)3)44(40,6)29-27-41(38)43/h18-22,32-33,37-41H,7-17,23-31H2,1-6H3/t33-,37-,38-,39+,40-,41-,43-,44+/m0/s1. The molecule has 0 heterocycles. The van der Waals surface area contributed by atoms with Crippen molar-refractivity contribution in [1.82, 2.24) is 0 Å². The summed E-state index contributed by atoms with van der Waals surface area (Å²) in [6.45, 7) is 15.6. The minimum atomic E-state index is -0.185. The second kappa shape index (κ2) is 16.8. The van der Waals surface area contributed by atoms with Gasteiger partial charge in [-0.3, -0.25) is 0 Å². The molecule has 0 aromatic heterocycles. The summed E-state index contributed by atoms with van der Waals surface area (Å²) in [5.41, 5.74) is 3.03. The van der Waals surface area contributed by atoms with Gasteiger partial charge in [0, 0.05) is 6.42 Å². The van der Waals surface area contributed by atoms with Gasteiger partial charge in [0.1, 0.15) is 11.9 Å². The highest BCUT2D eigenvalue weighted by Crippen LogP contribution is 2.67. The minimum Gasteiger partial charge on any atom is -0.494 e. The molecule has 4 aliphatic rings. The van der Waals surface area contributed by atoms with E-state index < -0.39 is 0 Å². The van der Waals surface area contributed by atoms with E-state index >= 15 is 0 Å². The Morgan fingerprint density at radius 2 is 1.55 bits per heavy atom. The van der Waals surface area contributed by atoms with Crippen LogP contribution < -0.4 is 4.74 Å². The highest BCUT2D eigenvalue weighted by Gasteiger charge is 2.59. The fraction of sp³-hybridized carbons (Fsp3) is 0.795. The van der Waals surface area contributed by atoms with E-state index in [4.69, 9.17) is 9.47 Å². The first-order valence-electron chi connectivity index (χ1n) is 20.3. The molecule has 1 aromatic carbocycles. The van der Waals surface area contributed by atoms with Crippen molar-refractivity contribution in [3.8, 4) is 5.75 Å². The van der Waals surface area contributed by atoms with Crippen LogP contribution in [0.15, 0.2) is 35.9 Å². The van der Waals surface area contributed by atoms with Crippen LogP contribution in [0.4, 0.5) is 0 Å². The maximum Gasteiger partial charge on any atom is 0.338 e. The molecule has 0 spiro atoms. The largest absolute Gasteiger partial charge is 0.494 e. The zero-order valence-electron chi connectivity index (χ0n) is 31.3. The molecule has 0 N–H and O–H groups in total. The molecule has 0 amide bonds. The molecule has 3 fully saturated rings. The molecule has 3 saturated carbocycles. The van der Waals surface area contributed by atoms with Crippen molar-refractivity contribution in [1.29, 1.82) is 0 Å². The third-order valence-corrected chi connectivity index (χ3v) is 13.9. The van der Waals surface area contributed by atoms with Crippen LogP contribution in [-0.2, 0) is 4.74 Å². The number of ether oxygens (including phenoxy) is 2. The van der Waals surface area contributed by atoms with Crippen molar-refractivity contribution in [2.45, 2.75) is 170 Å². The van der Waals surface area contributed by atoms with Gasteiger partial charge in [0.2, 0.25) is 0 Å². The fourth-order valence-electron chi connectivity index (χ4n) is 11.1. The molecule has 4 aliphatic carbocycles. The van der Waals surface area contributed by atoms with E-state index in [2.05, 4.69) is 47.6 Å². The van der Waals surface area contributed by atoms with Gasteiger partial charge in [-0.2, -0.15) is 0 Å². The Bertz CT molecular complexity index is 1150. The first-order valence-corrected chi connectivity index (χ1v) is 20.3. The maximum atomic E-state index is 13.2. The summed E-state index contributed by atoms with van der Waals surface area (Å²) in [5, 5.41) is 0. The van der Waals surface area contributed by atoms with Gasteiger partial charge in [-0.1, -0.05) is 117 Å². The molecule has 0 radical (unpaired) electrons. The van der Waals surface area contributed by atoms with Crippen LogP contribution in [0.3, 0.4) is 0 Å². The first-order chi connectivity index (χ1) is 22.7. The average molecular weight is 647 g/mol. The Kier molecular flexibility index (Phi) is 13.0. The van der Waals surface area contributed by atoms with Crippen molar-refractivity contribution in [3.05, 3.63) is 41.5 Å². The number of carbonyl (C=O) groups excluding carboxylic acids is 1. The molecule has 3 nitrogen and oxygen atoms in total. The highest BCUT2D eigenvalue weighted by molar-refractivity contribution is 5.89. The number of rotatable bonds is 17. The second-order valence-corrected chi connectivity index (χ2v) is 17.4. The lowest BCUT2D eigenvalue weighted by molar-refractivity contribution is -0.0594. The zero-order chi connectivity index (χ0) is 33.4. The Balaban J connectivity index is 1.09. The summed E-state index contributed by atoms with van der Waals surface area (Å²) in [7, 11) is 0. The fourth-order valence-corrected chi connectivity index (χ4v) is 11.1. The third kappa shape index (κ3) is 8.70. The molecule has 3 heteroatoms. The summed E-state index contributed by atoms with van der Waals surface area (Å²) >= 11 is 0. The van der Waals surface area contributed by atoms with Crippen molar-refractivity contribution in [2.24, 2.45) is 46.3 Å². The van der Waals surface area contributed by atoms with Gasteiger partial charge in [0.25, 0.3) is 0 Å². The van der Waals surface area contributed by atoms with Gasteiger partial charge >= 0.3 is 5.97 Å². The van der Waals surface area contributed by atoms with Crippen LogP contribution in [0.25, 0.3) is 0 Å². The number of hydrogen-bond donors (Lipinski definition) is 0. The van der Waals surface area contributed by atoms with Gasteiger partial charge in [-0.25, -0.2) is 4.79 Å². The van der Waals surface area contributed by atoms with E-state index in [1.165, 1.54) is 96.3 Å². The van der Waals surface area contributed by atoms with E-state index in [9.17, 15) is 4.79 Å². The Morgan fingerprint density at radius 3 is 2.28 bits per heavy atom. The Hall–Kier alpha value is -1.77.